The smallest absolute Gasteiger partial charge is 0.229 e. The molecule has 0 aliphatic rings. The van der Waals surface area contributed by atoms with E-state index >= 15 is 0 Å². The van der Waals surface area contributed by atoms with Crippen LogP contribution < -0.4 is 16.4 Å². The van der Waals surface area contributed by atoms with Gasteiger partial charge in [0, 0.05) is 12.6 Å². The minimum absolute atomic E-state index is 0.141. The summed E-state index contributed by atoms with van der Waals surface area (Å²) in [4.78, 5) is 0. The van der Waals surface area contributed by atoms with E-state index in [0.717, 1.165) is 11.4 Å². The van der Waals surface area contributed by atoms with Crippen molar-refractivity contribution in [2.75, 3.05) is 0 Å². The molecule has 0 spiro atoms. The van der Waals surface area contributed by atoms with Crippen molar-refractivity contribution in [2.24, 2.45) is 7.05 Å². The summed E-state index contributed by atoms with van der Waals surface area (Å²) in [5.74, 6) is 0.773. The Kier molecular flexibility index (Phi) is 5.53. The monoisotopic (exact) mass is 408 g/mol. The summed E-state index contributed by atoms with van der Waals surface area (Å²) >= 11 is 0. The van der Waals surface area contributed by atoms with Gasteiger partial charge in [-0.3, -0.25) is 0 Å². The first kappa shape index (κ1) is 21.0. The van der Waals surface area contributed by atoms with Crippen molar-refractivity contribution in [1.82, 2.24) is 20.2 Å². The third-order valence-corrected chi connectivity index (χ3v) is 6.15. The summed E-state index contributed by atoms with van der Waals surface area (Å²) in [5, 5.41) is 12.1. The Morgan fingerprint density at radius 2 is 1.23 bits per heavy atom. The first-order valence-electron chi connectivity index (χ1n) is 10.7. The van der Waals surface area contributed by atoms with Crippen molar-refractivity contribution in [1.29, 1.82) is 0 Å². The fraction of sp³-hybridized carbons (Fsp3) is 0.269. The van der Waals surface area contributed by atoms with Gasteiger partial charge >= 0.3 is 0 Å². The molecule has 0 atom stereocenters. The predicted octanol–water partition coefficient (Wildman–Crippen LogP) is 3.24. The van der Waals surface area contributed by atoms with Gasteiger partial charge in [0.2, 0.25) is 6.71 Å². The predicted molar refractivity (Wildman–Crippen MR) is 130 cm³/mol. The summed E-state index contributed by atoms with van der Waals surface area (Å²) in [6, 6.07) is 17.9. The van der Waals surface area contributed by atoms with Crippen LogP contribution in [-0.2, 0) is 7.05 Å². The molecule has 0 fully saturated rings. The highest BCUT2D eigenvalue weighted by Crippen LogP contribution is 2.16. The van der Waals surface area contributed by atoms with E-state index in [1.807, 2.05) is 7.05 Å². The summed E-state index contributed by atoms with van der Waals surface area (Å²) in [5.41, 5.74) is 13.0. The standard InChI is InChI=1S/C26H29BN4/c1-16-11-18(3)24(19(4)12-16)27(25-20(5)13-17(2)14-21(25)6)23-10-8-9-22(15-23)26-28-29-30-31(26)7/h8-15H,1-7H3. The van der Waals surface area contributed by atoms with Gasteiger partial charge in [-0.05, 0) is 52.0 Å². The third-order valence-electron chi connectivity index (χ3n) is 6.15. The number of rotatable bonds is 4. The van der Waals surface area contributed by atoms with E-state index in [1.54, 1.807) is 4.68 Å². The number of hydrogen-bond acceptors (Lipinski definition) is 3. The van der Waals surface area contributed by atoms with Crippen LogP contribution in [0, 0.1) is 41.5 Å². The first-order chi connectivity index (χ1) is 14.8. The number of nitrogens with zero attached hydrogens (tertiary/aromatic N) is 4. The number of tetrazole rings is 1. The number of aryl methyl sites for hydroxylation is 7. The Labute approximate surface area is 185 Å². The van der Waals surface area contributed by atoms with Crippen LogP contribution in [0.25, 0.3) is 11.4 Å². The van der Waals surface area contributed by atoms with Crippen LogP contribution in [0.3, 0.4) is 0 Å². The van der Waals surface area contributed by atoms with Gasteiger partial charge in [-0.25, -0.2) is 4.68 Å². The van der Waals surface area contributed by atoms with E-state index in [-0.39, 0.29) is 6.71 Å². The number of aromatic nitrogens is 4. The average molecular weight is 408 g/mol. The molecule has 0 aliphatic heterocycles. The SMILES string of the molecule is Cc1cc(C)c(B(c2cccc(-c3nnnn3C)c2)c2c(C)cc(C)cc2C)c(C)c1. The molecular weight excluding hydrogens is 379 g/mol. The normalized spacial score (nSPS) is 11.1. The highest BCUT2D eigenvalue weighted by Gasteiger charge is 2.28. The number of hydrogen-bond donors (Lipinski definition) is 0. The maximum absolute atomic E-state index is 4.23. The Hall–Kier alpha value is -3.21. The molecular formula is C26H29BN4. The lowest BCUT2D eigenvalue weighted by atomic mass is 9.34. The zero-order valence-electron chi connectivity index (χ0n) is 19.5. The van der Waals surface area contributed by atoms with Crippen LogP contribution in [-0.4, -0.2) is 26.9 Å². The molecule has 0 aliphatic carbocycles. The molecule has 3 aromatic carbocycles. The summed E-state index contributed by atoms with van der Waals surface area (Å²) in [6.45, 7) is 13.4. The van der Waals surface area contributed by atoms with Crippen molar-refractivity contribution >= 4 is 23.1 Å². The van der Waals surface area contributed by atoms with E-state index < -0.39 is 0 Å². The van der Waals surface area contributed by atoms with E-state index in [0.29, 0.717) is 0 Å². The van der Waals surface area contributed by atoms with Crippen molar-refractivity contribution in [2.45, 2.75) is 41.5 Å². The fourth-order valence-electron chi connectivity index (χ4n) is 5.10. The molecule has 4 aromatic rings. The molecule has 0 saturated heterocycles. The van der Waals surface area contributed by atoms with Gasteiger partial charge in [0.05, 0.1) is 0 Å². The Morgan fingerprint density at radius 3 is 1.68 bits per heavy atom. The lowest BCUT2D eigenvalue weighted by Gasteiger charge is -2.25. The van der Waals surface area contributed by atoms with Gasteiger partial charge in [0.15, 0.2) is 5.82 Å². The van der Waals surface area contributed by atoms with Crippen LogP contribution in [0.15, 0.2) is 48.5 Å². The highest BCUT2D eigenvalue weighted by atomic mass is 15.5. The molecule has 4 nitrogen and oxygen atoms in total. The molecule has 1 aromatic heterocycles. The van der Waals surface area contributed by atoms with Crippen LogP contribution in [0.5, 0.6) is 0 Å². The van der Waals surface area contributed by atoms with Crippen molar-refractivity contribution < 1.29 is 0 Å². The molecule has 31 heavy (non-hydrogen) atoms. The molecule has 1 heterocycles. The second-order valence-electron chi connectivity index (χ2n) is 8.81. The van der Waals surface area contributed by atoms with Crippen molar-refractivity contribution in [3.8, 4) is 11.4 Å². The van der Waals surface area contributed by atoms with Gasteiger partial charge in [-0.15, -0.1) is 5.10 Å². The third kappa shape index (κ3) is 3.92. The minimum atomic E-state index is 0.141. The molecule has 0 saturated carbocycles. The van der Waals surface area contributed by atoms with Gasteiger partial charge in [-0.1, -0.05) is 98.3 Å². The van der Waals surface area contributed by atoms with E-state index in [9.17, 15) is 0 Å². The second-order valence-corrected chi connectivity index (χ2v) is 8.81. The summed E-state index contributed by atoms with van der Waals surface area (Å²) in [6.07, 6.45) is 0. The zero-order valence-corrected chi connectivity index (χ0v) is 19.5. The van der Waals surface area contributed by atoms with Gasteiger partial charge in [0.25, 0.3) is 0 Å². The molecule has 0 radical (unpaired) electrons. The molecule has 0 N–H and O–H groups in total. The molecule has 0 amide bonds. The quantitative estimate of drug-likeness (QED) is 0.487. The topological polar surface area (TPSA) is 43.6 Å². The maximum Gasteiger partial charge on any atom is 0.242 e. The van der Waals surface area contributed by atoms with Gasteiger partial charge < -0.3 is 0 Å². The zero-order chi connectivity index (χ0) is 22.3. The van der Waals surface area contributed by atoms with Crippen LogP contribution in [0.4, 0.5) is 0 Å². The average Bonchev–Trinajstić information content (AvgIpc) is 3.11. The van der Waals surface area contributed by atoms with Gasteiger partial charge in [-0.2, -0.15) is 0 Å². The van der Waals surface area contributed by atoms with E-state index in [2.05, 4.69) is 106 Å². The van der Waals surface area contributed by atoms with E-state index in [4.69, 9.17) is 0 Å². The molecule has 0 unspecified atom stereocenters. The van der Waals surface area contributed by atoms with Crippen molar-refractivity contribution in [3.63, 3.8) is 0 Å². The largest absolute Gasteiger partial charge is 0.242 e. The van der Waals surface area contributed by atoms with Gasteiger partial charge in [0.1, 0.15) is 0 Å². The van der Waals surface area contributed by atoms with Crippen LogP contribution >= 0.6 is 0 Å². The molecule has 0 bridgehead atoms. The lowest BCUT2D eigenvalue weighted by molar-refractivity contribution is 0.715. The van der Waals surface area contributed by atoms with Crippen LogP contribution in [0.1, 0.15) is 33.4 Å². The Bertz CT molecular complexity index is 1170. The molecule has 5 heteroatoms. The second kappa shape index (κ2) is 8.14. The minimum Gasteiger partial charge on any atom is -0.229 e. The van der Waals surface area contributed by atoms with Crippen molar-refractivity contribution in [3.05, 3.63) is 81.9 Å². The molecule has 4 rings (SSSR count). The Balaban J connectivity index is 2.01. The summed E-state index contributed by atoms with van der Waals surface area (Å²) < 4.78 is 1.72. The summed E-state index contributed by atoms with van der Waals surface area (Å²) in [7, 11) is 1.88. The lowest BCUT2D eigenvalue weighted by Crippen LogP contribution is -2.55. The molecule has 156 valence electrons. The fourth-order valence-corrected chi connectivity index (χ4v) is 5.10. The first-order valence-corrected chi connectivity index (χ1v) is 10.7. The van der Waals surface area contributed by atoms with E-state index in [1.165, 1.54) is 49.8 Å². The van der Waals surface area contributed by atoms with Crippen LogP contribution in [0.2, 0.25) is 0 Å². The Morgan fingerprint density at radius 1 is 0.710 bits per heavy atom. The maximum atomic E-state index is 4.23. The number of benzene rings is 3. The highest BCUT2D eigenvalue weighted by molar-refractivity contribution is 6.96.